The monoisotopic (exact) mass is 169 g/mol. The lowest BCUT2D eigenvalue weighted by atomic mass is 9.87. The Labute approximate surface area is 76.9 Å². The zero-order valence-electron chi connectivity index (χ0n) is 8.60. The molecule has 0 radical (unpaired) electrons. The molecular weight excluding hydrogens is 146 g/mol. The van der Waals surface area contributed by atoms with Crippen molar-refractivity contribution in [1.82, 2.24) is 5.32 Å². The highest BCUT2D eigenvalue weighted by Crippen LogP contribution is 2.33. The number of hydrogen-bond acceptors (Lipinski definition) is 1. The molecule has 1 N–H and O–H groups in total. The van der Waals surface area contributed by atoms with Crippen molar-refractivity contribution in [3.8, 4) is 0 Å². The fourth-order valence-corrected chi connectivity index (χ4v) is 2.57. The fraction of sp³-hybridized carbons (Fsp3) is 1.00. The minimum atomic E-state index is 0.961. The summed E-state index contributed by atoms with van der Waals surface area (Å²) in [4.78, 5) is 0. The highest BCUT2D eigenvalue weighted by molar-refractivity contribution is 4.76. The molecule has 12 heavy (non-hydrogen) atoms. The normalized spacial score (nSPS) is 21.5. The first kappa shape index (κ1) is 10.0. The van der Waals surface area contributed by atoms with Gasteiger partial charge in [0.05, 0.1) is 0 Å². The number of nitrogens with one attached hydrogen (secondary N) is 1. The molecule has 72 valence electrons. The summed E-state index contributed by atoms with van der Waals surface area (Å²) in [5.74, 6) is 2.00. The van der Waals surface area contributed by atoms with Crippen molar-refractivity contribution in [1.29, 1.82) is 0 Å². The van der Waals surface area contributed by atoms with Gasteiger partial charge in [0.1, 0.15) is 0 Å². The van der Waals surface area contributed by atoms with Crippen LogP contribution in [0.5, 0.6) is 0 Å². The van der Waals surface area contributed by atoms with Gasteiger partial charge >= 0.3 is 0 Å². The summed E-state index contributed by atoms with van der Waals surface area (Å²) in [5.41, 5.74) is 0. The second-order valence-electron chi connectivity index (χ2n) is 4.15. The Balaban J connectivity index is 2.29. The third-order valence-corrected chi connectivity index (χ3v) is 3.19. The highest BCUT2D eigenvalue weighted by Gasteiger charge is 2.23. The van der Waals surface area contributed by atoms with Gasteiger partial charge in [0.15, 0.2) is 0 Å². The molecule has 1 heteroatoms. The van der Waals surface area contributed by atoms with Crippen LogP contribution in [-0.4, -0.2) is 13.6 Å². The first-order valence-corrected chi connectivity index (χ1v) is 5.53. The molecule has 0 aromatic heterocycles. The van der Waals surface area contributed by atoms with Crippen molar-refractivity contribution in [2.24, 2.45) is 11.8 Å². The lowest BCUT2D eigenvalue weighted by molar-refractivity contribution is 0.308. The average Bonchev–Trinajstić information content (AvgIpc) is 2.56. The van der Waals surface area contributed by atoms with Crippen LogP contribution in [0, 0.1) is 11.8 Å². The van der Waals surface area contributed by atoms with Crippen LogP contribution in [0.4, 0.5) is 0 Å². The lowest BCUT2D eigenvalue weighted by Gasteiger charge is -2.22. The van der Waals surface area contributed by atoms with E-state index < -0.39 is 0 Å². The van der Waals surface area contributed by atoms with Gasteiger partial charge in [-0.25, -0.2) is 0 Å². The van der Waals surface area contributed by atoms with E-state index in [1.54, 1.807) is 0 Å². The predicted molar refractivity (Wildman–Crippen MR) is 54.3 cm³/mol. The molecule has 1 rings (SSSR count). The van der Waals surface area contributed by atoms with Gasteiger partial charge in [0, 0.05) is 0 Å². The van der Waals surface area contributed by atoms with Gasteiger partial charge in [-0.05, 0) is 31.8 Å². The Kier molecular flexibility index (Phi) is 4.67. The molecule has 1 aliphatic rings. The molecule has 1 atom stereocenters. The molecule has 1 unspecified atom stereocenters. The van der Waals surface area contributed by atoms with Gasteiger partial charge in [-0.15, -0.1) is 0 Å². The quantitative estimate of drug-likeness (QED) is 0.667. The van der Waals surface area contributed by atoms with Crippen LogP contribution in [-0.2, 0) is 0 Å². The maximum absolute atomic E-state index is 3.33. The zero-order valence-corrected chi connectivity index (χ0v) is 8.60. The third kappa shape index (κ3) is 2.78. The summed E-state index contributed by atoms with van der Waals surface area (Å²) < 4.78 is 0. The first-order valence-electron chi connectivity index (χ1n) is 5.53. The van der Waals surface area contributed by atoms with Crippen LogP contribution in [0.25, 0.3) is 0 Å². The van der Waals surface area contributed by atoms with E-state index in [0.29, 0.717) is 0 Å². The van der Waals surface area contributed by atoms with E-state index in [2.05, 4.69) is 19.3 Å². The Hall–Kier alpha value is -0.0400. The molecule has 0 bridgehead atoms. The van der Waals surface area contributed by atoms with E-state index in [4.69, 9.17) is 0 Å². The summed E-state index contributed by atoms with van der Waals surface area (Å²) in [5, 5.41) is 3.33. The van der Waals surface area contributed by atoms with Crippen molar-refractivity contribution in [3.05, 3.63) is 0 Å². The van der Waals surface area contributed by atoms with Gasteiger partial charge < -0.3 is 5.32 Å². The van der Waals surface area contributed by atoms with E-state index in [1.165, 1.54) is 45.1 Å². The average molecular weight is 169 g/mol. The van der Waals surface area contributed by atoms with Crippen molar-refractivity contribution >= 4 is 0 Å². The van der Waals surface area contributed by atoms with Gasteiger partial charge in [-0.2, -0.15) is 0 Å². The summed E-state index contributed by atoms with van der Waals surface area (Å²) in [6.45, 7) is 3.54. The molecule has 1 aliphatic carbocycles. The van der Waals surface area contributed by atoms with E-state index in [9.17, 15) is 0 Å². The molecule has 0 aliphatic heterocycles. The van der Waals surface area contributed by atoms with Crippen molar-refractivity contribution < 1.29 is 0 Å². The molecule has 0 spiro atoms. The van der Waals surface area contributed by atoms with Crippen LogP contribution >= 0.6 is 0 Å². The largest absolute Gasteiger partial charge is 0.319 e. The Morgan fingerprint density at radius 2 is 2.00 bits per heavy atom. The highest BCUT2D eigenvalue weighted by atomic mass is 14.8. The second-order valence-corrected chi connectivity index (χ2v) is 4.15. The Bertz CT molecular complexity index is 99.6. The van der Waals surface area contributed by atoms with Gasteiger partial charge in [0.25, 0.3) is 0 Å². The van der Waals surface area contributed by atoms with E-state index in [0.717, 1.165) is 11.8 Å². The topological polar surface area (TPSA) is 12.0 Å². The summed E-state index contributed by atoms with van der Waals surface area (Å²) in [7, 11) is 2.08. The third-order valence-electron chi connectivity index (χ3n) is 3.19. The molecule has 0 aromatic carbocycles. The Morgan fingerprint density at radius 3 is 2.50 bits per heavy atom. The molecular formula is C11H23N. The maximum Gasteiger partial charge on any atom is -0.00209 e. The van der Waals surface area contributed by atoms with Gasteiger partial charge in [-0.1, -0.05) is 39.0 Å². The number of hydrogen-bond donors (Lipinski definition) is 1. The summed E-state index contributed by atoms with van der Waals surface area (Å²) >= 11 is 0. The van der Waals surface area contributed by atoms with E-state index in [1.807, 2.05) is 0 Å². The predicted octanol–water partition coefficient (Wildman–Crippen LogP) is 2.81. The van der Waals surface area contributed by atoms with Crippen molar-refractivity contribution in [2.75, 3.05) is 13.6 Å². The first-order chi connectivity index (χ1) is 5.88. The Morgan fingerprint density at radius 1 is 1.33 bits per heavy atom. The zero-order chi connectivity index (χ0) is 8.81. The standard InChI is InChI=1S/C11H23N/c1-3-6-11(9-12-2)10-7-4-5-8-10/h10-12H,3-9H2,1-2H3. The van der Waals surface area contributed by atoms with Crippen LogP contribution in [0.3, 0.4) is 0 Å². The fourth-order valence-electron chi connectivity index (χ4n) is 2.57. The number of rotatable bonds is 5. The van der Waals surface area contributed by atoms with Crippen LogP contribution in [0.1, 0.15) is 45.4 Å². The van der Waals surface area contributed by atoms with Gasteiger partial charge in [-0.3, -0.25) is 0 Å². The molecule has 0 heterocycles. The molecule has 1 saturated carbocycles. The molecule has 0 amide bonds. The minimum absolute atomic E-state index is 0.961. The van der Waals surface area contributed by atoms with Crippen LogP contribution in [0.2, 0.25) is 0 Å². The van der Waals surface area contributed by atoms with E-state index in [-0.39, 0.29) is 0 Å². The van der Waals surface area contributed by atoms with Crippen molar-refractivity contribution in [2.45, 2.75) is 45.4 Å². The molecule has 0 aromatic rings. The smallest absolute Gasteiger partial charge is 0.00209 e. The maximum atomic E-state index is 3.33. The second kappa shape index (κ2) is 5.58. The SMILES string of the molecule is CCCC(CNC)C1CCCC1. The van der Waals surface area contributed by atoms with Gasteiger partial charge in [0.2, 0.25) is 0 Å². The minimum Gasteiger partial charge on any atom is -0.319 e. The molecule has 0 saturated heterocycles. The summed E-state index contributed by atoms with van der Waals surface area (Å²) in [6.07, 6.45) is 8.72. The van der Waals surface area contributed by atoms with Crippen LogP contribution < -0.4 is 5.32 Å². The van der Waals surface area contributed by atoms with E-state index >= 15 is 0 Å². The molecule has 1 nitrogen and oxygen atoms in total. The molecule has 1 fully saturated rings. The van der Waals surface area contributed by atoms with Crippen molar-refractivity contribution in [3.63, 3.8) is 0 Å². The van der Waals surface area contributed by atoms with Crippen LogP contribution in [0.15, 0.2) is 0 Å². The summed E-state index contributed by atoms with van der Waals surface area (Å²) in [6, 6.07) is 0. The lowest BCUT2D eigenvalue weighted by Crippen LogP contribution is -2.24.